The van der Waals surface area contributed by atoms with E-state index in [4.69, 9.17) is 0 Å². The summed E-state index contributed by atoms with van der Waals surface area (Å²) in [6.07, 6.45) is -1.18. The van der Waals surface area contributed by atoms with Gasteiger partial charge in [0, 0.05) is 19.3 Å². The summed E-state index contributed by atoms with van der Waals surface area (Å²) in [6.45, 7) is 0. The number of aliphatic hydroxyl groups excluding tert-OH is 2. The van der Waals surface area contributed by atoms with E-state index in [0.717, 1.165) is 22.9 Å². The van der Waals surface area contributed by atoms with Gasteiger partial charge in [0.05, 0.1) is 11.4 Å². The quantitative estimate of drug-likeness (QED) is 0.214. The summed E-state index contributed by atoms with van der Waals surface area (Å²) in [5, 5.41) is 60.3. The Bertz CT molecular complexity index is 1360. The van der Waals surface area contributed by atoms with Crippen LogP contribution in [0.2, 0.25) is 0 Å². The molecule has 1 saturated heterocycles. The van der Waals surface area contributed by atoms with Crippen LogP contribution in [0.15, 0.2) is 121 Å². The fraction of sp³-hybridized carbons (Fsp3) is 0.294. The fourth-order valence-corrected chi connectivity index (χ4v) is 7.60. The average Bonchev–Trinajstić information content (AvgIpc) is 2.97. The molecule has 0 bridgehead atoms. The van der Waals surface area contributed by atoms with Crippen molar-refractivity contribution < 1.29 is 25.5 Å². The van der Waals surface area contributed by atoms with Gasteiger partial charge in [-0.2, -0.15) is 0 Å². The lowest BCUT2D eigenvalue weighted by atomic mass is 9.61. The molecular weight excluding hydrogens is 520 g/mol. The molecule has 1 heterocycles. The molecule has 1 unspecified atom stereocenters. The first kappa shape index (κ1) is 28.6. The van der Waals surface area contributed by atoms with E-state index in [1.165, 1.54) is 0 Å². The fourth-order valence-electron chi connectivity index (χ4n) is 6.04. The van der Waals surface area contributed by atoms with E-state index >= 15 is 0 Å². The highest BCUT2D eigenvalue weighted by Gasteiger charge is 2.71. The van der Waals surface area contributed by atoms with Crippen LogP contribution < -0.4 is 0 Å². The van der Waals surface area contributed by atoms with Crippen LogP contribution in [0.1, 0.15) is 22.3 Å². The molecule has 5 nitrogen and oxygen atoms in total. The second-order valence-corrected chi connectivity index (χ2v) is 12.1. The van der Waals surface area contributed by atoms with Gasteiger partial charge in [-0.25, -0.2) is 0 Å². The Morgan fingerprint density at radius 3 is 1.38 bits per heavy atom. The van der Waals surface area contributed by atoms with E-state index in [2.05, 4.69) is 0 Å². The van der Waals surface area contributed by atoms with Gasteiger partial charge in [-0.15, -0.1) is 11.8 Å². The summed E-state index contributed by atoms with van der Waals surface area (Å²) < 4.78 is 0. The van der Waals surface area contributed by atoms with Crippen molar-refractivity contribution in [2.75, 3.05) is 0 Å². The van der Waals surface area contributed by atoms with Crippen LogP contribution in [-0.2, 0) is 25.7 Å². The normalized spacial score (nSPS) is 29.1. The number of hydrogen-bond acceptors (Lipinski definition) is 6. The van der Waals surface area contributed by atoms with Gasteiger partial charge in [0.15, 0.2) is 0 Å². The SMILES string of the molecule is OC(Cc1ccccc1)[C@@H]1S[C@H](O)[C@@](O)(Cc2ccccc2)[C@](O)(Cc2ccccc2)[C@@]1(O)Cc1ccccc1. The smallest absolute Gasteiger partial charge is 0.136 e. The molecule has 0 spiro atoms. The van der Waals surface area contributed by atoms with Gasteiger partial charge in [0.1, 0.15) is 22.2 Å². The molecule has 0 saturated carbocycles. The number of aliphatic hydroxyl groups is 5. The number of hydrogen-bond donors (Lipinski definition) is 5. The predicted octanol–water partition coefficient (Wildman–Crippen LogP) is 3.95. The Kier molecular flexibility index (Phi) is 8.47. The standard InChI is InChI=1S/C34H36O5S/c35-29(21-25-13-5-1-6-14-25)30-32(37,22-26-15-7-2-8-16-26)34(39,24-28-19-11-4-12-20-28)33(38,31(36)40-30)23-27-17-9-3-10-18-27/h1-20,29-31,35-39H,21-24H2/t29?,30-,31-,32+,33-,34-/m0/s1. The second kappa shape index (κ2) is 11.9. The first-order valence-electron chi connectivity index (χ1n) is 13.6. The van der Waals surface area contributed by atoms with Gasteiger partial charge in [-0.1, -0.05) is 121 Å². The minimum atomic E-state index is -2.25. The summed E-state index contributed by atoms with van der Waals surface area (Å²) in [6, 6.07) is 37.1. The zero-order valence-corrected chi connectivity index (χ0v) is 23.1. The molecule has 1 aliphatic rings. The third-order valence-corrected chi connectivity index (χ3v) is 9.80. The van der Waals surface area contributed by atoms with Crippen molar-refractivity contribution in [2.45, 2.75) is 59.3 Å². The van der Waals surface area contributed by atoms with Crippen molar-refractivity contribution in [3.63, 3.8) is 0 Å². The van der Waals surface area contributed by atoms with Crippen LogP contribution in [-0.4, -0.2) is 59.1 Å². The minimum Gasteiger partial charge on any atom is -0.392 e. The average molecular weight is 557 g/mol. The predicted molar refractivity (Wildman–Crippen MR) is 159 cm³/mol. The van der Waals surface area contributed by atoms with Crippen molar-refractivity contribution >= 4 is 11.8 Å². The molecule has 4 aromatic rings. The van der Waals surface area contributed by atoms with E-state index < -0.39 is 33.6 Å². The Balaban J connectivity index is 1.66. The van der Waals surface area contributed by atoms with Gasteiger partial charge in [0.2, 0.25) is 0 Å². The first-order chi connectivity index (χ1) is 19.2. The molecule has 6 heteroatoms. The van der Waals surface area contributed by atoms with E-state index in [9.17, 15) is 25.5 Å². The highest BCUT2D eigenvalue weighted by Crippen LogP contribution is 2.55. The molecule has 0 amide bonds. The van der Waals surface area contributed by atoms with E-state index in [-0.39, 0.29) is 25.7 Å². The summed E-state index contributed by atoms with van der Waals surface area (Å²) in [5.74, 6) is 0. The highest BCUT2D eigenvalue weighted by molar-refractivity contribution is 8.00. The Morgan fingerprint density at radius 2 is 0.925 bits per heavy atom. The lowest BCUT2D eigenvalue weighted by Gasteiger charge is -2.61. The topological polar surface area (TPSA) is 101 Å². The molecule has 6 atom stereocenters. The molecule has 5 N–H and O–H groups in total. The Morgan fingerprint density at radius 1 is 0.550 bits per heavy atom. The molecular formula is C34H36O5S. The molecule has 0 aromatic heterocycles. The molecule has 4 aromatic carbocycles. The van der Waals surface area contributed by atoms with Gasteiger partial charge in [0.25, 0.3) is 0 Å². The second-order valence-electron chi connectivity index (χ2n) is 10.9. The van der Waals surface area contributed by atoms with Crippen LogP contribution in [0.4, 0.5) is 0 Å². The Labute approximate surface area is 239 Å². The maximum atomic E-state index is 12.9. The first-order valence-corrected chi connectivity index (χ1v) is 14.5. The Hall–Kier alpha value is -2.97. The van der Waals surface area contributed by atoms with Crippen LogP contribution in [0.5, 0.6) is 0 Å². The molecule has 1 fully saturated rings. The van der Waals surface area contributed by atoms with E-state index in [1.54, 1.807) is 0 Å². The lowest BCUT2D eigenvalue weighted by Crippen LogP contribution is -2.80. The number of thioether (sulfide) groups is 1. The van der Waals surface area contributed by atoms with Crippen molar-refractivity contribution in [3.05, 3.63) is 144 Å². The zero-order chi connectivity index (χ0) is 28.2. The van der Waals surface area contributed by atoms with Crippen LogP contribution in [0.3, 0.4) is 0 Å². The van der Waals surface area contributed by atoms with Gasteiger partial charge in [-0.05, 0) is 28.7 Å². The largest absolute Gasteiger partial charge is 0.392 e. The molecule has 0 aliphatic carbocycles. The maximum Gasteiger partial charge on any atom is 0.136 e. The maximum absolute atomic E-state index is 12.9. The van der Waals surface area contributed by atoms with Crippen molar-refractivity contribution in [1.29, 1.82) is 0 Å². The van der Waals surface area contributed by atoms with Crippen LogP contribution in [0, 0.1) is 0 Å². The minimum absolute atomic E-state index is 0.0372. The monoisotopic (exact) mass is 556 g/mol. The zero-order valence-electron chi connectivity index (χ0n) is 22.3. The van der Waals surface area contributed by atoms with Crippen molar-refractivity contribution in [1.82, 2.24) is 0 Å². The summed E-state index contributed by atoms with van der Waals surface area (Å²) >= 11 is 0.924. The summed E-state index contributed by atoms with van der Waals surface area (Å²) in [7, 11) is 0. The van der Waals surface area contributed by atoms with Crippen molar-refractivity contribution in [2.24, 2.45) is 0 Å². The van der Waals surface area contributed by atoms with Crippen molar-refractivity contribution in [3.8, 4) is 0 Å². The number of rotatable bonds is 9. The van der Waals surface area contributed by atoms with Gasteiger partial charge >= 0.3 is 0 Å². The highest BCUT2D eigenvalue weighted by atomic mass is 32.2. The van der Waals surface area contributed by atoms with Gasteiger partial charge in [-0.3, -0.25) is 0 Å². The van der Waals surface area contributed by atoms with E-state index in [1.807, 2.05) is 121 Å². The lowest BCUT2D eigenvalue weighted by molar-refractivity contribution is -0.273. The summed E-state index contributed by atoms with van der Waals surface area (Å²) in [5.41, 5.74) is -4.92. The van der Waals surface area contributed by atoms with E-state index in [0.29, 0.717) is 11.1 Å². The molecule has 208 valence electrons. The number of benzene rings is 4. The van der Waals surface area contributed by atoms with Crippen LogP contribution >= 0.6 is 11.8 Å². The summed E-state index contributed by atoms with van der Waals surface area (Å²) in [4.78, 5) is 0. The molecule has 5 rings (SSSR count). The molecule has 40 heavy (non-hydrogen) atoms. The molecule has 1 aliphatic heterocycles. The molecule has 0 radical (unpaired) electrons. The third-order valence-electron chi connectivity index (χ3n) is 8.16. The van der Waals surface area contributed by atoms with Gasteiger partial charge < -0.3 is 25.5 Å². The third kappa shape index (κ3) is 5.48. The van der Waals surface area contributed by atoms with Crippen LogP contribution in [0.25, 0.3) is 0 Å².